The maximum absolute atomic E-state index is 13.2. The molecule has 0 amide bonds. The molecule has 1 atom stereocenters. The number of methoxy groups -OCH3 is 2. The van der Waals surface area contributed by atoms with Gasteiger partial charge in [0, 0.05) is 22.9 Å². The van der Waals surface area contributed by atoms with Crippen LogP contribution < -0.4 is 4.74 Å². The summed E-state index contributed by atoms with van der Waals surface area (Å²) >= 11 is 0. The predicted molar refractivity (Wildman–Crippen MR) is 115 cm³/mol. The number of nitrogens with zero attached hydrogens (tertiary/aromatic N) is 2. The molecule has 3 rings (SSSR count). The Hall–Kier alpha value is -3.63. The highest BCUT2D eigenvalue weighted by atomic mass is 32.2. The van der Waals surface area contributed by atoms with Crippen molar-refractivity contribution < 1.29 is 18.5 Å². The summed E-state index contributed by atoms with van der Waals surface area (Å²) in [5.41, 5.74) is 2.01. The molecule has 0 saturated carbocycles. The molecule has 0 N–H and O–H groups in total. The van der Waals surface area contributed by atoms with Crippen molar-refractivity contribution in [3.05, 3.63) is 83.7 Å². The Labute approximate surface area is 176 Å². The van der Waals surface area contributed by atoms with Gasteiger partial charge in [-0.05, 0) is 48.5 Å². The highest BCUT2D eigenvalue weighted by molar-refractivity contribution is 7.93. The normalized spacial score (nSPS) is 12.1. The molecule has 30 heavy (non-hydrogen) atoms. The lowest BCUT2D eigenvalue weighted by atomic mass is 10.1. The van der Waals surface area contributed by atoms with Crippen LogP contribution in [0.5, 0.6) is 5.75 Å². The topological polar surface area (TPSA) is 77.8 Å². The molecule has 0 radical (unpaired) electrons. The molecule has 2 aromatic carbocycles. The molecule has 0 fully saturated rings. The van der Waals surface area contributed by atoms with E-state index in [1.807, 2.05) is 18.2 Å². The molecule has 0 bridgehead atoms. The average Bonchev–Trinajstić information content (AvgIpc) is 2.78. The van der Waals surface area contributed by atoms with E-state index in [9.17, 15) is 9.00 Å². The molecular formula is C23H20N2O4S. The predicted octanol–water partition coefficient (Wildman–Crippen LogP) is 4.07. The van der Waals surface area contributed by atoms with Crippen molar-refractivity contribution in [3.8, 4) is 17.6 Å². The summed E-state index contributed by atoms with van der Waals surface area (Å²) in [6, 6.07) is 17.5. The van der Waals surface area contributed by atoms with Gasteiger partial charge in [0.05, 0.1) is 35.2 Å². The number of esters is 1. The first-order valence-corrected chi connectivity index (χ1v) is 10.9. The maximum Gasteiger partial charge on any atom is 0.356 e. The highest BCUT2D eigenvalue weighted by Gasteiger charge is 2.09. The number of aromatic nitrogens is 1. The third-order valence-electron chi connectivity index (χ3n) is 4.17. The number of hydrogen-bond donors (Lipinski definition) is 0. The Morgan fingerprint density at radius 3 is 2.37 bits per heavy atom. The van der Waals surface area contributed by atoms with Crippen LogP contribution in [-0.4, -0.2) is 35.6 Å². The molecule has 0 aliphatic heterocycles. The van der Waals surface area contributed by atoms with E-state index in [1.165, 1.54) is 13.3 Å². The molecule has 0 aliphatic carbocycles. The van der Waals surface area contributed by atoms with Gasteiger partial charge in [0.25, 0.3) is 0 Å². The first-order valence-electron chi connectivity index (χ1n) is 8.94. The highest BCUT2D eigenvalue weighted by Crippen LogP contribution is 2.24. The molecule has 6 nitrogen and oxygen atoms in total. The smallest absolute Gasteiger partial charge is 0.356 e. The second kappa shape index (κ2) is 9.25. The third-order valence-corrected chi connectivity index (χ3v) is 5.86. The molecule has 3 aromatic rings. The van der Waals surface area contributed by atoms with Crippen LogP contribution in [0.2, 0.25) is 0 Å². The fourth-order valence-electron chi connectivity index (χ4n) is 2.56. The minimum atomic E-state index is -2.67. The molecule has 1 heterocycles. The summed E-state index contributed by atoms with van der Waals surface area (Å²) in [5, 5.41) is 0. The lowest BCUT2D eigenvalue weighted by Crippen LogP contribution is -2.03. The van der Waals surface area contributed by atoms with Gasteiger partial charge in [-0.1, -0.05) is 24.0 Å². The van der Waals surface area contributed by atoms with E-state index in [1.54, 1.807) is 55.8 Å². The van der Waals surface area contributed by atoms with Gasteiger partial charge >= 0.3 is 5.97 Å². The molecule has 152 valence electrons. The van der Waals surface area contributed by atoms with Gasteiger partial charge in [0.15, 0.2) is 0 Å². The van der Waals surface area contributed by atoms with E-state index in [4.69, 9.17) is 4.74 Å². The molecule has 0 aliphatic rings. The van der Waals surface area contributed by atoms with Gasteiger partial charge in [-0.15, -0.1) is 0 Å². The van der Waals surface area contributed by atoms with E-state index in [-0.39, 0.29) is 5.69 Å². The monoisotopic (exact) mass is 420 g/mol. The lowest BCUT2D eigenvalue weighted by Gasteiger charge is -2.07. The Morgan fingerprint density at radius 2 is 1.73 bits per heavy atom. The van der Waals surface area contributed by atoms with Crippen LogP contribution in [-0.2, 0) is 14.5 Å². The van der Waals surface area contributed by atoms with Crippen LogP contribution in [0.3, 0.4) is 0 Å². The zero-order valence-corrected chi connectivity index (χ0v) is 17.6. The van der Waals surface area contributed by atoms with Crippen molar-refractivity contribution in [2.45, 2.75) is 4.90 Å². The second-order valence-corrected chi connectivity index (χ2v) is 8.52. The summed E-state index contributed by atoms with van der Waals surface area (Å²) in [5.74, 6) is 6.21. The van der Waals surface area contributed by atoms with E-state index < -0.39 is 15.7 Å². The van der Waals surface area contributed by atoms with Crippen molar-refractivity contribution in [2.75, 3.05) is 20.5 Å². The Balaban J connectivity index is 1.93. The van der Waals surface area contributed by atoms with Gasteiger partial charge in [0.2, 0.25) is 0 Å². The molecular weight excluding hydrogens is 400 g/mol. The van der Waals surface area contributed by atoms with Crippen LogP contribution >= 0.6 is 0 Å². The van der Waals surface area contributed by atoms with Crippen LogP contribution in [0.25, 0.3) is 0 Å². The van der Waals surface area contributed by atoms with Crippen molar-refractivity contribution in [3.63, 3.8) is 0 Å². The third kappa shape index (κ3) is 5.04. The van der Waals surface area contributed by atoms with E-state index >= 15 is 0 Å². The van der Waals surface area contributed by atoms with E-state index in [2.05, 4.69) is 25.9 Å². The van der Waals surface area contributed by atoms with Crippen LogP contribution in [0.15, 0.2) is 76.1 Å². The lowest BCUT2D eigenvalue weighted by molar-refractivity contribution is 0.0594. The molecule has 1 aromatic heterocycles. The van der Waals surface area contributed by atoms with Crippen LogP contribution in [0, 0.1) is 11.8 Å². The molecule has 1 unspecified atom stereocenters. The fourth-order valence-corrected chi connectivity index (χ4v) is 3.84. The summed E-state index contributed by atoms with van der Waals surface area (Å²) in [6.45, 7) is 0. The minimum Gasteiger partial charge on any atom is -0.497 e. The summed E-state index contributed by atoms with van der Waals surface area (Å²) in [7, 11) is 0.207. The fraction of sp³-hybridized carbons (Fsp3) is 0.130. The van der Waals surface area contributed by atoms with Crippen molar-refractivity contribution >= 4 is 21.4 Å². The second-order valence-electron chi connectivity index (χ2n) is 6.26. The standard InChI is InChI=1S/C23H20N2O4S/c1-28-19-11-13-20(14-12-19)30(3,27)25-21-7-5-4-6-18(21)10-8-17-9-15-22(24-16-17)23(26)29-2/h4-7,9,11-16H,1-3H3. The van der Waals surface area contributed by atoms with E-state index in [0.717, 1.165) is 0 Å². The zero-order valence-electron chi connectivity index (χ0n) is 16.8. The number of rotatable bonds is 4. The first-order chi connectivity index (χ1) is 14.4. The quantitative estimate of drug-likeness (QED) is 0.470. The van der Waals surface area contributed by atoms with Crippen molar-refractivity contribution in [1.82, 2.24) is 4.98 Å². The average molecular weight is 420 g/mol. The minimum absolute atomic E-state index is 0.212. The number of carbonyl (C=O) groups excluding carboxylic acids is 1. The SMILES string of the molecule is COC(=O)c1ccc(C#Cc2ccccc2N=S(C)(=O)c2ccc(OC)cc2)cn1. The first kappa shape index (κ1) is 21.1. The largest absolute Gasteiger partial charge is 0.497 e. The van der Waals surface area contributed by atoms with E-state index in [0.29, 0.717) is 27.5 Å². The van der Waals surface area contributed by atoms with Gasteiger partial charge in [-0.2, -0.15) is 4.36 Å². The maximum atomic E-state index is 13.2. The molecule has 7 heteroatoms. The summed E-state index contributed by atoms with van der Waals surface area (Å²) in [6.07, 6.45) is 3.09. The number of ether oxygens (including phenoxy) is 2. The Morgan fingerprint density at radius 1 is 1.00 bits per heavy atom. The molecule has 0 spiro atoms. The van der Waals surface area contributed by atoms with Gasteiger partial charge in [0.1, 0.15) is 11.4 Å². The van der Waals surface area contributed by atoms with Gasteiger partial charge in [-0.3, -0.25) is 0 Å². The Kier molecular flexibility index (Phi) is 6.50. The van der Waals surface area contributed by atoms with Crippen molar-refractivity contribution in [1.29, 1.82) is 0 Å². The van der Waals surface area contributed by atoms with Crippen LogP contribution in [0.1, 0.15) is 21.6 Å². The summed E-state index contributed by atoms with van der Waals surface area (Å²) in [4.78, 5) is 16.1. The van der Waals surface area contributed by atoms with Crippen molar-refractivity contribution in [2.24, 2.45) is 4.36 Å². The zero-order chi connectivity index (χ0) is 21.6. The Bertz CT molecular complexity index is 1230. The molecule has 0 saturated heterocycles. The number of pyridine rings is 1. The number of hydrogen-bond acceptors (Lipinski definition) is 6. The van der Waals surface area contributed by atoms with Crippen LogP contribution in [0.4, 0.5) is 5.69 Å². The van der Waals surface area contributed by atoms with Gasteiger partial charge in [-0.25, -0.2) is 14.0 Å². The number of carbonyl (C=O) groups is 1. The van der Waals surface area contributed by atoms with Gasteiger partial charge < -0.3 is 9.47 Å². The summed E-state index contributed by atoms with van der Waals surface area (Å²) < 4.78 is 27.5. The number of benzene rings is 2.